The number of piperidine rings is 1. The van der Waals surface area contributed by atoms with Crippen molar-refractivity contribution in [2.24, 2.45) is 5.92 Å². The van der Waals surface area contributed by atoms with Crippen molar-refractivity contribution in [3.05, 3.63) is 29.3 Å². The summed E-state index contributed by atoms with van der Waals surface area (Å²) >= 11 is 0. The maximum atomic E-state index is 9.25. The largest absolute Gasteiger partial charge is 0.365 e. The van der Waals surface area contributed by atoms with Gasteiger partial charge >= 0.3 is 0 Å². The number of hydrogen-bond donors (Lipinski definition) is 0. The molecule has 0 radical (unpaired) electrons. The van der Waals surface area contributed by atoms with Gasteiger partial charge in [-0.3, -0.25) is 0 Å². The van der Waals surface area contributed by atoms with Gasteiger partial charge in [-0.05, 0) is 51.2 Å². The monoisotopic (exact) mass is 256 g/mol. The Balaban J connectivity index is 2.46. The molecule has 19 heavy (non-hydrogen) atoms. The van der Waals surface area contributed by atoms with E-state index in [4.69, 9.17) is 0 Å². The molecule has 1 atom stereocenters. The van der Waals surface area contributed by atoms with E-state index < -0.39 is 0 Å². The van der Waals surface area contributed by atoms with E-state index in [-0.39, 0.29) is 11.5 Å². The van der Waals surface area contributed by atoms with E-state index in [1.807, 2.05) is 0 Å². The molecule has 1 heterocycles. The third-order valence-electron chi connectivity index (χ3n) is 4.39. The molecule has 1 fully saturated rings. The number of aryl methyl sites for hydroxylation is 2. The van der Waals surface area contributed by atoms with Gasteiger partial charge in [0.1, 0.15) is 0 Å². The highest BCUT2D eigenvalue weighted by Gasteiger charge is 2.35. The van der Waals surface area contributed by atoms with Crippen LogP contribution in [0.1, 0.15) is 44.7 Å². The number of benzene rings is 1. The van der Waals surface area contributed by atoms with Crippen LogP contribution in [0.3, 0.4) is 0 Å². The Morgan fingerprint density at radius 2 is 2.16 bits per heavy atom. The zero-order chi connectivity index (χ0) is 14.0. The van der Waals surface area contributed by atoms with Crippen molar-refractivity contribution < 1.29 is 0 Å². The van der Waals surface area contributed by atoms with E-state index >= 15 is 0 Å². The van der Waals surface area contributed by atoms with Crippen molar-refractivity contribution in [3.8, 4) is 6.07 Å². The first-order valence-corrected chi connectivity index (χ1v) is 7.25. The fraction of sp³-hybridized carbons (Fsp3) is 0.588. The molecule has 1 aromatic rings. The molecule has 1 aliphatic heterocycles. The summed E-state index contributed by atoms with van der Waals surface area (Å²) in [6, 6.07) is 8.99. The van der Waals surface area contributed by atoms with E-state index in [1.54, 1.807) is 0 Å². The summed E-state index contributed by atoms with van der Waals surface area (Å²) in [5, 5.41) is 9.25. The lowest BCUT2D eigenvalue weighted by Gasteiger charge is -2.47. The summed E-state index contributed by atoms with van der Waals surface area (Å²) < 4.78 is 0. The Hall–Kier alpha value is -1.49. The fourth-order valence-corrected chi connectivity index (χ4v) is 3.11. The van der Waals surface area contributed by atoms with Crippen LogP contribution in [0.25, 0.3) is 0 Å². The SMILES string of the molecule is CCc1cccc(C)c1N1CC(C#N)CCC1(C)C. The number of para-hydroxylation sites is 1. The zero-order valence-electron chi connectivity index (χ0n) is 12.5. The third kappa shape index (κ3) is 2.61. The van der Waals surface area contributed by atoms with Gasteiger partial charge in [0.25, 0.3) is 0 Å². The second-order valence-electron chi connectivity index (χ2n) is 6.22. The van der Waals surface area contributed by atoms with Gasteiger partial charge in [-0.25, -0.2) is 0 Å². The van der Waals surface area contributed by atoms with Crippen molar-refractivity contribution in [1.82, 2.24) is 0 Å². The number of nitriles is 1. The molecule has 2 heteroatoms. The molecule has 0 aliphatic carbocycles. The Kier molecular flexibility index (Phi) is 3.85. The van der Waals surface area contributed by atoms with Crippen LogP contribution in [0.15, 0.2) is 18.2 Å². The Morgan fingerprint density at radius 1 is 1.42 bits per heavy atom. The summed E-state index contributed by atoms with van der Waals surface area (Å²) in [6.07, 6.45) is 3.15. The molecule has 102 valence electrons. The van der Waals surface area contributed by atoms with Crippen molar-refractivity contribution >= 4 is 5.69 Å². The average molecular weight is 256 g/mol. The molecule has 0 spiro atoms. The number of rotatable bonds is 2. The summed E-state index contributed by atoms with van der Waals surface area (Å²) in [5.74, 6) is 0.164. The summed E-state index contributed by atoms with van der Waals surface area (Å²) in [7, 11) is 0. The van der Waals surface area contributed by atoms with Crippen LogP contribution >= 0.6 is 0 Å². The Labute approximate surface area is 117 Å². The van der Waals surface area contributed by atoms with Gasteiger partial charge in [-0.1, -0.05) is 25.1 Å². The minimum absolute atomic E-state index is 0.142. The molecule has 1 unspecified atom stereocenters. The molecule has 0 amide bonds. The maximum Gasteiger partial charge on any atom is 0.0674 e. The average Bonchev–Trinajstić information content (AvgIpc) is 2.39. The molecule has 1 aromatic carbocycles. The van der Waals surface area contributed by atoms with Crippen LogP contribution in [-0.2, 0) is 6.42 Å². The number of hydrogen-bond acceptors (Lipinski definition) is 2. The smallest absolute Gasteiger partial charge is 0.0674 e. The predicted octanol–water partition coefficient (Wildman–Crippen LogP) is 4.08. The van der Waals surface area contributed by atoms with Gasteiger partial charge in [-0.2, -0.15) is 5.26 Å². The molecule has 2 nitrogen and oxygen atoms in total. The van der Waals surface area contributed by atoms with Gasteiger partial charge in [0.15, 0.2) is 0 Å². The van der Waals surface area contributed by atoms with Crippen LogP contribution in [0.5, 0.6) is 0 Å². The van der Waals surface area contributed by atoms with E-state index in [1.165, 1.54) is 16.8 Å². The fourth-order valence-electron chi connectivity index (χ4n) is 3.11. The zero-order valence-corrected chi connectivity index (χ0v) is 12.5. The molecule has 0 saturated carbocycles. The van der Waals surface area contributed by atoms with Crippen molar-refractivity contribution in [1.29, 1.82) is 5.26 Å². The second-order valence-corrected chi connectivity index (χ2v) is 6.22. The van der Waals surface area contributed by atoms with E-state index in [0.717, 1.165) is 25.8 Å². The molecule has 0 bridgehead atoms. The Morgan fingerprint density at radius 3 is 2.79 bits per heavy atom. The van der Waals surface area contributed by atoms with Gasteiger partial charge in [0, 0.05) is 17.8 Å². The van der Waals surface area contributed by atoms with Crippen LogP contribution in [0, 0.1) is 24.2 Å². The van der Waals surface area contributed by atoms with Gasteiger partial charge < -0.3 is 4.90 Å². The van der Waals surface area contributed by atoms with Crippen LogP contribution < -0.4 is 4.90 Å². The number of anilines is 1. The van der Waals surface area contributed by atoms with E-state index in [2.05, 4.69) is 56.9 Å². The molecular weight excluding hydrogens is 232 g/mol. The standard InChI is InChI=1S/C17H24N2/c1-5-15-8-6-7-13(2)16(15)19-12-14(11-18)9-10-17(19,3)4/h6-8,14H,5,9-10,12H2,1-4H3. The first-order valence-electron chi connectivity index (χ1n) is 7.25. The maximum absolute atomic E-state index is 9.25. The third-order valence-corrected chi connectivity index (χ3v) is 4.39. The molecule has 0 aromatic heterocycles. The van der Waals surface area contributed by atoms with E-state index in [9.17, 15) is 5.26 Å². The number of nitrogens with zero attached hydrogens (tertiary/aromatic N) is 2. The van der Waals surface area contributed by atoms with Gasteiger partial charge in [0.05, 0.1) is 12.0 Å². The van der Waals surface area contributed by atoms with Crippen molar-refractivity contribution in [2.45, 2.75) is 52.5 Å². The van der Waals surface area contributed by atoms with E-state index in [0.29, 0.717) is 0 Å². The van der Waals surface area contributed by atoms with Crippen molar-refractivity contribution in [2.75, 3.05) is 11.4 Å². The molecule has 2 rings (SSSR count). The first kappa shape index (κ1) is 13.9. The lowest BCUT2D eigenvalue weighted by atomic mass is 9.84. The van der Waals surface area contributed by atoms with Crippen LogP contribution in [0.4, 0.5) is 5.69 Å². The van der Waals surface area contributed by atoms with Gasteiger partial charge in [0.2, 0.25) is 0 Å². The molecule has 1 aliphatic rings. The lowest BCUT2D eigenvalue weighted by Crippen LogP contribution is -2.51. The highest BCUT2D eigenvalue weighted by Crippen LogP contribution is 2.38. The molecule has 0 N–H and O–H groups in total. The Bertz CT molecular complexity index is 496. The molecular formula is C17H24N2. The predicted molar refractivity (Wildman–Crippen MR) is 80.3 cm³/mol. The first-order chi connectivity index (χ1) is 8.99. The quantitative estimate of drug-likeness (QED) is 0.797. The highest BCUT2D eigenvalue weighted by molar-refractivity contribution is 5.61. The molecule has 1 saturated heterocycles. The van der Waals surface area contributed by atoms with Crippen molar-refractivity contribution in [3.63, 3.8) is 0 Å². The summed E-state index contributed by atoms with van der Waals surface area (Å²) in [4.78, 5) is 2.47. The van der Waals surface area contributed by atoms with Crippen LogP contribution in [-0.4, -0.2) is 12.1 Å². The van der Waals surface area contributed by atoms with Gasteiger partial charge in [-0.15, -0.1) is 0 Å². The van der Waals surface area contributed by atoms with Crippen LogP contribution in [0.2, 0.25) is 0 Å². The second kappa shape index (κ2) is 5.25. The topological polar surface area (TPSA) is 27.0 Å². The lowest BCUT2D eigenvalue weighted by molar-refractivity contribution is 0.324. The minimum atomic E-state index is 0.142. The minimum Gasteiger partial charge on any atom is -0.365 e. The summed E-state index contributed by atoms with van der Waals surface area (Å²) in [6.45, 7) is 9.85. The highest BCUT2D eigenvalue weighted by atomic mass is 15.2. The summed E-state index contributed by atoms with van der Waals surface area (Å²) in [5.41, 5.74) is 4.22. The normalized spacial score (nSPS) is 22.1.